The van der Waals surface area contributed by atoms with Crippen molar-refractivity contribution in [3.8, 4) is 5.75 Å². The molecule has 5 nitrogen and oxygen atoms in total. The summed E-state index contributed by atoms with van der Waals surface area (Å²) in [7, 11) is 0. The van der Waals surface area contributed by atoms with Gasteiger partial charge >= 0.3 is 6.18 Å². The summed E-state index contributed by atoms with van der Waals surface area (Å²) < 4.78 is 38.7. The van der Waals surface area contributed by atoms with Gasteiger partial charge in [-0.1, -0.05) is 53.4 Å². The number of alkyl halides is 3. The zero-order valence-electron chi connectivity index (χ0n) is 18.7. The number of nitroso groups, excluding NO2 is 1. The normalized spacial score (nSPS) is 12.5. The minimum Gasteiger partial charge on any atom is -0.871 e. The van der Waals surface area contributed by atoms with Crippen molar-refractivity contribution in [2.45, 2.75) is 71.4 Å². The van der Waals surface area contributed by atoms with Gasteiger partial charge in [-0.05, 0) is 64.2 Å². The summed E-state index contributed by atoms with van der Waals surface area (Å²) in [5.74, 6) is -0.206. The quantitative estimate of drug-likeness (QED) is 0.345. The summed E-state index contributed by atoms with van der Waals surface area (Å²) in [6, 6.07) is 6.30. The molecule has 0 spiro atoms. The maximum absolute atomic E-state index is 13.2. The zero-order chi connectivity index (χ0) is 23.6. The van der Waals surface area contributed by atoms with Crippen molar-refractivity contribution in [1.29, 1.82) is 0 Å². The Morgan fingerprint density at radius 1 is 0.871 bits per heavy atom. The van der Waals surface area contributed by atoms with Crippen LogP contribution in [-0.4, -0.2) is 0 Å². The van der Waals surface area contributed by atoms with E-state index in [1.165, 1.54) is 0 Å². The lowest BCUT2D eigenvalue weighted by molar-refractivity contribution is -0.268. The second-order valence-electron chi connectivity index (χ2n) is 8.95. The fraction of sp³-hybridized carbons (Fsp3) is 0.478. The van der Waals surface area contributed by atoms with Gasteiger partial charge in [0, 0.05) is 5.69 Å². The van der Waals surface area contributed by atoms with E-state index in [4.69, 9.17) is 0 Å². The van der Waals surface area contributed by atoms with Crippen molar-refractivity contribution < 1.29 is 18.3 Å². The van der Waals surface area contributed by atoms with E-state index in [1.54, 1.807) is 6.07 Å². The van der Waals surface area contributed by atoms with E-state index in [0.29, 0.717) is 11.6 Å². The van der Waals surface area contributed by atoms with Crippen LogP contribution in [0.15, 0.2) is 35.5 Å². The van der Waals surface area contributed by atoms with E-state index in [9.17, 15) is 23.2 Å². The van der Waals surface area contributed by atoms with Gasteiger partial charge in [-0.2, -0.15) is 13.2 Å². The summed E-state index contributed by atoms with van der Waals surface area (Å²) in [6.07, 6.45) is -2.99. The van der Waals surface area contributed by atoms with Gasteiger partial charge in [-0.25, -0.2) is 0 Å². The highest BCUT2D eigenvalue weighted by atomic mass is 19.4. The minimum atomic E-state index is -4.59. The summed E-state index contributed by atoms with van der Waals surface area (Å²) in [6.45, 7) is 12.2. The van der Waals surface area contributed by atoms with Crippen molar-refractivity contribution in [3.05, 3.63) is 51.9 Å². The Morgan fingerprint density at radius 3 is 1.97 bits per heavy atom. The number of hydrazine groups is 1. The third-order valence-corrected chi connectivity index (χ3v) is 6.12. The van der Waals surface area contributed by atoms with Gasteiger partial charge in [0.1, 0.15) is 5.69 Å². The first-order valence-corrected chi connectivity index (χ1v) is 10.2. The number of hydrogen-bond donors (Lipinski definition) is 2. The van der Waals surface area contributed by atoms with Crippen LogP contribution in [-0.2, 0) is 17.0 Å². The van der Waals surface area contributed by atoms with Gasteiger partial charge in [-0.3, -0.25) is 5.43 Å². The van der Waals surface area contributed by atoms with Gasteiger partial charge in [0.15, 0.2) is 0 Å². The van der Waals surface area contributed by atoms with Gasteiger partial charge in [0.05, 0.1) is 11.3 Å². The molecule has 0 aromatic heterocycles. The van der Waals surface area contributed by atoms with E-state index < -0.39 is 17.4 Å². The molecule has 0 aliphatic heterocycles. The highest BCUT2D eigenvalue weighted by Crippen LogP contribution is 2.41. The third-order valence-electron chi connectivity index (χ3n) is 6.12. The number of halogens is 3. The SMILES string of the molecule is CCC(C)(C)c1cc(NNc2ccc(C(F)(F)F)cc2N=O)c([O-])c(C(C)(C)CC)c1. The van der Waals surface area contributed by atoms with Crippen LogP contribution in [0.5, 0.6) is 5.75 Å². The molecule has 0 saturated carbocycles. The Hall–Kier alpha value is -2.77. The molecule has 0 aliphatic carbocycles. The third kappa shape index (κ3) is 5.29. The summed E-state index contributed by atoms with van der Waals surface area (Å²) in [5, 5.41) is 15.9. The number of rotatable bonds is 8. The molecule has 0 saturated heterocycles. The Bertz CT molecular complexity index is 954. The van der Waals surface area contributed by atoms with Crippen LogP contribution in [0.1, 0.15) is 71.1 Å². The molecule has 2 rings (SSSR count). The van der Waals surface area contributed by atoms with Crippen LogP contribution < -0.4 is 16.0 Å². The van der Waals surface area contributed by atoms with E-state index in [-0.39, 0.29) is 28.0 Å². The molecule has 0 bridgehead atoms. The zero-order valence-corrected chi connectivity index (χ0v) is 18.7. The van der Waals surface area contributed by atoms with Gasteiger partial charge < -0.3 is 10.5 Å². The Morgan fingerprint density at radius 2 is 1.45 bits per heavy atom. The number of benzene rings is 2. The maximum atomic E-state index is 13.2. The average molecular weight is 436 g/mol. The van der Waals surface area contributed by atoms with Crippen molar-refractivity contribution in [3.63, 3.8) is 0 Å². The molecule has 2 aromatic carbocycles. The summed E-state index contributed by atoms with van der Waals surface area (Å²) >= 11 is 0. The van der Waals surface area contributed by atoms with Crippen molar-refractivity contribution in [1.82, 2.24) is 0 Å². The Labute approximate surface area is 181 Å². The standard InChI is InChI=1S/C23H30F3N3O2/c1-7-21(3,4)15-11-16(22(5,6)8-2)20(30)19(13-15)28-27-17-10-9-14(23(24,25)26)12-18(17)29-31/h9-13,27-28,30H,7-8H2,1-6H3/p-1. The highest BCUT2D eigenvalue weighted by molar-refractivity contribution is 5.71. The molecule has 0 aliphatic rings. The first-order chi connectivity index (χ1) is 14.3. The molecular weight excluding hydrogens is 407 g/mol. The molecular formula is C23H29F3N3O2-. The van der Waals surface area contributed by atoms with Gasteiger partial charge in [-0.15, -0.1) is 4.91 Å². The minimum absolute atomic E-state index is 0.0406. The van der Waals surface area contributed by atoms with Gasteiger partial charge in [0.25, 0.3) is 0 Å². The molecule has 0 radical (unpaired) electrons. The number of hydrogen-bond acceptors (Lipinski definition) is 5. The Kier molecular flexibility index (Phi) is 6.93. The average Bonchev–Trinajstić information content (AvgIpc) is 2.71. The monoisotopic (exact) mass is 436 g/mol. The molecule has 2 aromatic rings. The molecule has 0 unspecified atom stereocenters. The lowest BCUT2D eigenvalue weighted by atomic mass is 9.76. The number of anilines is 2. The van der Waals surface area contributed by atoms with Crippen LogP contribution in [0, 0.1) is 4.91 Å². The molecule has 0 amide bonds. The smallest absolute Gasteiger partial charge is 0.416 e. The fourth-order valence-electron chi connectivity index (χ4n) is 3.03. The second-order valence-corrected chi connectivity index (χ2v) is 8.95. The van der Waals surface area contributed by atoms with E-state index in [2.05, 4.69) is 36.8 Å². The predicted molar refractivity (Wildman–Crippen MR) is 117 cm³/mol. The number of nitrogens with one attached hydrogen (secondary N) is 2. The van der Waals surface area contributed by atoms with Crippen LogP contribution in [0.3, 0.4) is 0 Å². The molecule has 8 heteroatoms. The largest absolute Gasteiger partial charge is 0.871 e. The Balaban J connectivity index is 2.49. The van der Waals surface area contributed by atoms with Crippen LogP contribution in [0.2, 0.25) is 0 Å². The lowest BCUT2D eigenvalue weighted by Crippen LogP contribution is -2.24. The topological polar surface area (TPSA) is 76.5 Å². The molecule has 0 fully saturated rings. The first-order valence-electron chi connectivity index (χ1n) is 10.2. The highest BCUT2D eigenvalue weighted by Gasteiger charge is 2.31. The predicted octanol–water partition coefficient (Wildman–Crippen LogP) is 6.99. The fourth-order valence-corrected chi connectivity index (χ4v) is 3.03. The molecule has 31 heavy (non-hydrogen) atoms. The van der Waals surface area contributed by atoms with Crippen molar-refractivity contribution in [2.24, 2.45) is 5.18 Å². The van der Waals surface area contributed by atoms with E-state index in [1.807, 2.05) is 26.8 Å². The lowest BCUT2D eigenvalue weighted by Gasteiger charge is -2.34. The number of nitrogens with zero attached hydrogens (tertiary/aromatic N) is 1. The van der Waals surface area contributed by atoms with E-state index >= 15 is 0 Å². The van der Waals surface area contributed by atoms with Crippen LogP contribution >= 0.6 is 0 Å². The molecule has 0 atom stereocenters. The van der Waals surface area contributed by atoms with Crippen molar-refractivity contribution in [2.75, 3.05) is 10.9 Å². The summed E-state index contributed by atoms with van der Waals surface area (Å²) in [5.41, 5.74) is 5.46. The second kappa shape index (κ2) is 8.77. The van der Waals surface area contributed by atoms with E-state index in [0.717, 1.165) is 30.5 Å². The van der Waals surface area contributed by atoms with Gasteiger partial charge in [0.2, 0.25) is 0 Å². The van der Waals surface area contributed by atoms with Crippen LogP contribution in [0.25, 0.3) is 0 Å². The van der Waals surface area contributed by atoms with Crippen molar-refractivity contribution >= 4 is 17.1 Å². The summed E-state index contributed by atoms with van der Waals surface area (Å²) in [4.78, 5) is 11.1. The maximum Gasteiger partial charge on any atom is 0.416 e. The molecule has 2 N–H and O–H groups in total. The molecule has 0 heterocycles. The first kappa shape index (κ1) is 24.5. The molecule has 170 valence electrons. The van der Waals surface area contributed by atoms with Crippen LogP contribution in [0.4, 0.5) is 30.2 Å².